The van der Waals surface area contributed by atoms with Crippen LogP contribution < -0.4 is 4.74 Å². The molecule has 0 atom stereocenters. The second-order valence-electron chi connectivity index (χ2n) is 6.52. The van der Waals surface area contributed by atoms with Gasteiger partial charge in [0, 0.05) is 36.8 Å². The first-order valence-electron chi connectivity index (χ1n) is 9.19. The number of halogens is 1. The average molecular weight is 399 g/mol. The number of hydrogen-bond donors (Lipinski definition) is 0. The van der Waals surface area contributed by atoms with Gasteiger partial charge in [0.2, 0.25) is 5.91 Å². The fourth-order valence-corrected chi connectivity index (χ4v) is 3.55. The Morgan fingerprint density at radius 3 is 2.29 bits per heavy atom. The van der Waals surface area contributed by atoms with Gasteiger partial charge in [-0.05, 0) is 30.7 Å². The summed E-state index contributed by atoms with van der Waals surface area (Å²) in [5.74, 6) is 0.319. The van der Waals surface area contributed by atoms with Gasteiger partial charge in [-0.1, -0.05) is 48.0 Å². The van der Waals surface area contributed by atoms with Crippen LogP contribution in [-0.4, -0.2) is 54.9 Å². The molecule has 0 saturated carbocycles. The van der Waals surface area contributed by atoms with Crippen molar-refractivity contribution in [2.75, 3.05) is 33.3 Å². The molecule has 0 spiro atoms. The summed E-state index contributed by atoms with van der Waals surface area (Å²) in [6.07, 6.45) is 3.27. The van der Waals surface area contributed by atoms with Crippen molar-refractivity contribution in [2.24, 2.45) is 0 Å². The number of amides is 2. The topological polar surface area (TPSA) is 49.9 Å². The molecule has 0 unspecified atom stereocenters. The first kappa shape index (κ1) is 20.0. The zero-order chi connectivity index (χ0) is 20.1. The number of hydrogen-bond acceptors (Lipinski definition) is 3. The summed E-state index contributed by atoms with van der Waals surface area (Å²) in [4.78, 5) is 28.5. The number of methoxy groups -OCH3 is 1. The minimum atomic E-state index is -0.142. The Bertz CT molecular complexity index is 888. The summed E-state index contributed by atoms with van der Waals surface area (Å²) in [6.45, 7) is 3.78. The lowest BCUT2D eigenvalue weighted by molar-refractivity contribution is -0.127. The van der Waals surface area contributed by atoms with Gasteiger partial charge in [0.1, 0.15) is 5.75 Å². The summed E-state index contributed by atoms with van der Waals surface area (Å²) >= 11 is 6.49. The minimum Gasteiger partial charge on any atom is -0.496 e. The van der Waals surface area contributed by atoms with E-state index < -0.39 is 0 Å². The summed E-state index contributed by atoms with van der Waals surface area (Å²) in [7, 11) is 1.54. The highest BCUT2D eigenvalue weighted by atomic mass is 35.5. The molecule has 2 amide bonds. The maximum atomic E-state index is 13.1. The number of carbonyl (C=O) groups is 2. The molecule has 0 aliphatic carbocycles. The van der Waals surface area contributed by atoms with Crippen LogP contribution in [-0.2, 0) is 4.79 Å². The number of nitrogens with zero attached hydrogens (tertiary/aromatic N) is 2. The monoisotopic (exact) mass is 398 g/mol. The van der Waals surface area contributed by atoms with E-state index in [0.29, 0.717) is 42.5 Å². The number of allylic oxidation sites excluding steroid dienone is 1. The lowest BCUT2D eigenvalue weighted by atomic mass is 10.0. The number of ether oxygens (including phenoxy) is 1. The lowest BCUT2D eigenvalue weighted by Gasteiger charge is -2.34. The third kappa shape index (κ3) is 4.20. The second kappa shape index (κ2) is 8.93. The third-order valence-corrected chi connectivity index (χ3v) is 5.10. The standard InChI is InChI=1S/C22H23ClN2O3/c1-3-7-21(26)24-10-12-25(13-11-24)22(27)18-14-19(23)17(15-20(18)28-2)16-8-5-4-6-9-16/h3-9,14-15H,10-13H2,1-2H3. The fourth-order valence-electron chi connectivity index (χ4n) is 3.28. The van der Waals surface area contributed by atoms with Crippen LogP contribution in [0.3, 0.4) is 0 Å². The molecule has 6 heteroatoms. The largest absolute Gasteiger partial charge is 0.496 e. The molecule has 146 valence electrons. The molecule has 5 nitrogen and oxygen atoms in total. The normalized spacial score (nSPS) is 14.4. The van der Waals surface area contributed by atoms with Crippen LogP contribution >= 0.6 is 11.6 Å². The van der Waals surface area contributed by atoms with Gasteiger partial charge in [-0.2, -0.15) is 0 Å². The van der Waals surface area contributed by atoms with Crippen molar-refractivity contribution < 1.29 is 14.3 Å². The highest BCUT2D eigenvalue weighted by Gasteiger charge is 2.26. The second-order valence-corrected chi connectivity index (χ2v) is 6.92. The summed E-state index contributed by atoms with van der Waals surface area (Å²) in [6, 6.07) is 13.2. The molecule has 28 heavy (non-hydrogen) atoms. The average Bonchev–Trinajstić information content (AvgIpc) is 2.74. The summed E-state index contributed by atoms with van der Waals surface area (Å²) in [5, 5.41) is 0.497. The van der Waals surface area contributed by atoms with E-state index in [1.807, 2.05) is 37.3 Å². The van der Waals surface area contributed by atoms with E-state index >= 15 is 0 Å². The van der Waals surface area contributed by atoms with Gasteiger partial charge in [0.05, 0.1) is 12.7 Å². The van der Waals surface area contributed by atoms with E-state index in [9.17, 15) is 9.59 Å². The molecule has 1 fully saturated rings. The molecule has 1 saturated heterocycles. The van der Waals surface area contributed by atoms with Crippen molar-refractivity contribution in [3.8, 4) is 16.9 Å². The number of benzene rings is 2. The third-order valence-electron chi connectivity index (χ3n) is 4.79. The molecule has 2 aromatic rings. The molecule has 0 N–H and O–H groups in total. The predicted molar refractivity (Wildman–Crippen MR) is 111 cm³/mol. The Kier molecular flexibility index (Phi) is 6.37. The molecular formula is C22H23ClN2O3. The Balaban J connectivity index is 1.81. The minimum absolute atomic E-state index is 0.0255. The van der Waals surface area contributed by atoms with Gasteiger partial charge in [0.25, 0.3) is 5.91 Å². The van der Waals surface area contributed by atoms with Crippen LogP contribution in [0.15, 0.2) is 54.6 Å². The molecule has 3 rings (SSSR count). The van der Waals surface area contributed by atoms with Crippen LogP contribution in [0.2, 0.25) is 5.02 Å². The highest BCUT2D eigenvalue weighted by molar-refractivity contribution is 6.33. The molecular weight excluding hydrogens is 376 g/mol. The first-order valence-corrected chi connectivity index (χ1v) is 9.56. The Morgan fingerprint density at radius 1 is 1.04 bits per heavy atom. The van der Waals surface area contributed by atoms with Crippen molar-refractivity contribution in [3.63, 3.8) is 0 Å². The van der Waals surface area contributed by atoms with Crippen LogP contribution in [0.4, 0.5) is 0 Å². The molecule has 2 aromatic carbocycles. The zero-order valence-corrected chi connectivity index (χ0v) is 16.8. The van der Waals surface area contributed by atoms with Crippen molar-refractivity contribution in [3.05, 3.63) is 65.2 Å². The molecule has 0 bridgehead atoms. The van der Waals surface area contributed by atoms with Gasteiger partial charge in [-0.3, -0.25) is 9.59 Å². The first-order chi connectivity index (χ1) is 13.5. The smallest absolute Gasteiger partial charge is 0.257 e. The maximum Gasteiger partial charge on any atom is 0.257 e. The van der Waals surface area contributed by atoms with Crippen LogP contribution in [0.1, 0.15) is 17.3 Å². The van der Waals surface area contributed by atoms with Crippen LogP contribution in [0.25, 0.3) is 11.1 Å². The van der Waals surface area contributed by atoms with Crippen molar-refractivity contribution in [1.29, 1.82) is 0 Å². The van der Waals surface area contributed by atoms with Crippen LogP contribution in [0, 0.1) is 0 Å². The van der Waals surface area contributed by atoms with Gasteiger partial charge < -0.3 is 14.5 Å². The highest BCUT2D eigenvalue weighted by Crippen LogP contribution is 2.35. The quantitative estimate of drug-likeness (QED) is 0.734. The Labute approximate surface area is 170 Å². The number of piperazine rings is 1. The van der Waals surface area contributed by atoms with E-state index in [2.05, 4.69) is 0 Å². The van der Waals surface area contributed by atoms with Gasteiger partial charge in [-0.25, -0.2) is 0 Å². The lowest BCUT2D eigenvalue weighted by Crippen LogP contribution is -2.50. The zero-order valence-electron chi connectivity index (χ0n) is 16.0. The molecule has 0 radical (unpaired) electrons. The molecule has 1 aliphatic heterocycles. The Hall–Kier alpha value is -2.79. The van der Waals surface area contributed by atoms with Crippen molar-refractivity contribution >= 4 is 23.4 Å². The molecule has 0 aromatic heterocycles. The summed E-state index contributed by atoms with van der Waals surface area (Å²) in [5.41, 5.74) is 2.21. The predicted octanol–water partition coefficient (Wildman–Crippen LogP) is 3.88. The summed E-state index contributed by atoms with van der Waals surface area (Å²) < 4.78 is 5.49. The SMILES string of the molecule is CC=CC(=O)N1CCN(C(=O)c2cc(Cl)c(-c3ccccc3)cc2OC)CC1. The van der Waals surface area contributed by atoms with E-state index in [-0.39, 0.29) is 11.8 Å². The number of carbonyl (C=O) groups excluding carboxylic acids is 2. The van der Waals surface area contributed by atoms with Crippen LogP contribution in [0.5, 0.6) is 5.75 Å². The van der Waals surface area contributed by atoms with Crippen molar-refractivity contribution in [2.45, 2.75) is 6.92 Å². The van der Waals surface area contributed by atoms with E-state index in [1.54, 1.807) is 41.2 Å². The van der Waals surface area contributed by atoms with Gasteiger partial charge in [0.15, 0.2) is 0 Å². The maximum absolute atomic E-state index is 13.1. The van der Waals surface area contributed by atoms with E-state index in [1.165, 1.54) is 0 Å². The number of rotatable bonds is 4. The Morgan fingerprint density at radius 2 is 1.68 bits per heavy atom. The van der Waals surface area contributed by atoms with Crippen molar-refractivity contribution in [1.82, 2.24) is 9.80 Å². The van der Waals surface area contributed by atoms with E-state index in [0.717, 1.165) is 11.1 Å². The van der Waals surface area contributed by atoms with Gasteiger partial charge in [-0.15, -0.1) is 0 Å². The fraction of sp³-hybridized carbons (Fsp3) is 0.273. The molecule has 1 aliphatic rings. The van der Waals surface area contributed by atoms with E-state index in [4.69, 9.17) is 16.3 Å². The molecule has 1 heterocycles. The van der Waals surface area contributed by atoms with Gasteiger partial charge >= 0.3 is 0 Å².